The molecule has 20 heavy (non-hydrogen) atoms. The Morgan fingerprint density at radius 3 is 2.60 bits per heavy atom. The molecule has 1 aliphatic carbocycles. The van der Waals surface area contributed by atoms with Crippen molar-refractivity contribution in [3.8, 4) is 0 Å². The summed E-state index contributed by atoms with van der Waals surface area (Å²) in [5, 5.41) is 8.94. The van der Waals surface area contributed by atoms with Crippen molar-refractivity contribution in [2.45, 2.75) is 11.2 Å². The lowest BCUT2D eigenvalue weighted by molar-refractivity contribution is -0.145. The maximum atomic E-state index is 11.9. The number of aliphatic carboxylic acids is 1. The summed E-state index contributed by atoms with van der Waals surface area (Å²) in [6.07, 6.45) is 1.05. The Kier molecular flexibility index (Phi) is 3.83. The van der Waals surface area contributed by atoms with Gasteiger partial charge in [0.1, 0.15) is 5.41 Å². The lowest BCUT2D eigenvalue weighted by Gasteiger charge is -2.11. The number of hydrogen-bond donors (Lipinski definition) is 1. The molecule has 0 heterocycles. The highest BCUT2D eigenvalue weighted by Gasteiger charge is 2.75. The quantitative estimate of drug-likeness (QED) is 0.891. The van der Waals surface area contributed by atoms with Gasteiger partial charge in [0, 0.05) is 24.3 Å². The third kappa shape index (κ3) is 2.32. The van der Waals surface area contributed by atoms with Crippen LogP contribution in [0.1, 0.15) is 11.5 Å². The largest absolute Gasteiger partial charge is 0.481 e. The van der Waals surface area contributed by atoms with E-state index in [0.29, 0.717) is 10.6 Å². The van der Waals surface area contributed by atoms with E-state index in [1.807, 2.05) is 0 Å². The van der Waals surface area contributed by atoms with Gasteiger partial charge in [-0.05, 0) is 17.7 Å². The van der Waals surface area contributed by atoms with Gasteiger partial charge in [0.2, 0.25) is 0 Å². The molecule has 0 aliphatic heterocycles. The molecule has 7 heteroatoms. The Labute approximate surface area is 122 Å². The van der Waals surface area contributed by atoms with Crippen LogP contribution >= 0.6 is 11.6 Å². The summed E-state index contributed by atoms with van der Waals surface area (Å²) in [4.78, 5) is 11.6. The Morgan fingerprint density at radius 1 is 1.50 bits per heavy atom. The molecule has 1 fully saturated rings. The Balaban J connectivity index is 2.53. The van der Waals surface area contributed by atoms with Crippen molar-refractivity contribution in [3.05, 3.63) is 34.9 Å². The van der Waals surface area contributed by atoms with Gasteiger partial charge >= 0.3 is 5.97 Å². The Bertz CT molecular complexity index is 642. The average molecular weight is 319 g/mol. The first-order chi connectivity index (χ1) is 9.25. The third-order valence-corrected chi connectivity index (χ3v) is 5.56. The fraction of sp³-hybridized carbons (Fsp3) is 0.462. The van der Waals surface area contributed by atoms with Gasteiger partial charge < -0.3 is 9.84 Å². The predicted molar refractivity (Wildman–Crippen MR) is 74.8 cm³/mol. The van der Waals surface area contributed by atoms with Gasteiger partial charge in [-0.1, -0.05) is 23.7 Å². The van der Waals surface area contributed by atoms with E-state index in [2.05, 4.69) is 0 Å². The van der Waals surface area contributed by atoms with Gasteiger partial charge in [-0.15, -0.1) is 0 Å². The monoisotopic (exact) mass is 318 g/mol. The molecule has 0 bridgehead atoms. The highest BCUT2D eigenvalue weighted by Crippen LogP contribution is 2.63. The fourth-order valence-electron chi connectivity index (χ4n) is 2.93. The molecular formula is C13H15ClO5S. The Morgan fingerprint density at radius 2 is 2.15 bits per heavy atom. The van der Waals surface area contributed by atoms with Crippen LogP contribution in [0.2, 0.25) is 5.02 Å². The van der Waals surface area contributed by atoms with Crippen LogP contribution < -0.4 is 0 Å². The molecule has 0 amide bonds. The van der Waals surface area contributed by atoms with Crippen molar-refractivity contribution in [1.29, 1.82) is 0 Å². The second-order valence-electron chi connectivity index (χ2n) is 5.06. The summed E-state index contributed by atoms with van der Waals surface area (Å²) in [7, 11) is -2.16. The molecule has 5 nitrogen and oxygen atoms in total. The standard InChI is InChI=1S/C13H15ClO5S/c1-19-7-13(12(15)16)10(11(13)20(2,17)18)8-4-3-5-9(14)6-8/h3-6,10-11H,7H2,1-2H3,(H,15,16)/t10-,11+,13+/m1/s1. The van der Waals surface area contributed by atoms with Gasteiger partial charge in [-0.3, -0.25) is 4.79 Å². The molecular weight excluding hydrogens is 304 g/mol. The molecule has 0 unspecified atom stereocenters. The zero-order valence-electron chi connectivity index (χ0n) is 11.0. The summed E-state index contributed by atoms with van der Waals surface area (Å²) < 4.78 is 28.8. The number of carboxylic acids is 1. The van der Waals surface area contributed by atoms with Crippen molar-refractivity contribution >= 4 is 27.4 Å². The van der Waals surface area contributed by atoms with Crippen molar-refractivity contribution in [3.63, 3.8) is 0 Å². The van der Waals surface area contributed by atoms with E-state index in [1.54, 1.807) is 24.3 Å². The minimum atomic E-state index is -3.52. The predicted octanol–water partition coefficient (Wildman–Crippen LogP) is 1.57. The molecule has 0 radical (unpaired) electrons. The smallest absolute Gasteiger partial charge is 0.314 e. The molecule has 1 N–H and O–H groups in total. The van der Waals surface area contributed by atoms with Gasteiger partial charge in [0.15, 0.2) is 9.84 Å². The van der Waals surface area contributed by atoms with E-state index in [0.717, 1.165) is 6.26 Å². The molecule has 110 valence electrons. The normalized spacial score (nSPS) is 29.1. The fourth-order valence-corrected chi connectivity index (χ4v) is 5.03. The maximum absolute atomic E-state index is 11.9. The van der Waals surface area contributed by atoms with E-state index in [9.17, 15) is 18.3 Å². The lowest BCUT2D eigenvalue weighted by Crippen LogP contribution is -2.28. The number of ether oxygens (including phenoxy) is 1. The van der Waals surface area contributed by atoms with Crippen molar-refractivity contribution in [1.82, 2.24) is 0 Å². The molecule has 0 spiro atoms. The summed E-state index contributed by atoms with van der Waals surface area (Å²) in [5.74, 6) is -1.81. The zero-order valence-corrected chi connectivity index (χ0v) is 12.6. The zero-order chi connectivity index (χ0) is 15.1. The number of rotatable bonds is 5. The van der Waals surface area contributed by atoms with E-state index in [4.69, 9.17) is 16.3 Å². The highest BCUT2D eigenvalue weighted by molar-refractivity contribution is 7.91. The second kappa shape index (κ2) is 5.02. The van der Waals surface area contributed by atoms with Gasteiger partial charge in [-0.25, -0.2) is 8.42 Å². The van der Waals surface area contributed by atoms with Crippen LogP contribution in [-0.2, 0) is 19.4 Å². The molecule has 2 rings (SSSR count). The SMILES string of the molecule is COC[C@]1(C(=O)O)[C@H](c2cccc(Cl)c2)[C@@H]1S(C)(=O)=O. The van der Waals surface area contributed by atoms with Crippen LogP contribution in [0.15, 0.2) is 24.3 Å². The summed E-state index contributed by atoms with van der Waals surface area (Å²) in [5.41, 5.74) is -0.833. The number of benzene rings is 1. The molecule has 1 aromatic rings. The van der Waals surface area contributed by atoms with E-state index < -0.39 is 32.4 Å². The first-order valence-electron chi connectivity index (χ1n) is 5.92. The lowest BCUT2D eigenvalue weighted by atomic mass is 10.00. The molecule has 0 saturated heterocycles. The number of carboxylic acid groups (broad SMARTS) is 1. The molecule has 1 aromatic carbocycles. The van der Waals surface area contributed by atoms with Crippen LogP contribution in [0.3, 0.4) is 0 Å². The van der Waals surface area contributed by atoms with E-state index in [-0.39, 0.29) is 6.61 Å². The molecule has 1 aliphatic rings. The second-order valence-corrected chi connectivity index (χ2v) is 7.66. The van der Waals surface area contributed by atoms with Crippen molar-refractivity contribution in [2.75, 3.05) is 20.0 Å². The molecule has 0 aromatic heterocycles. The van der Waals surface area contributed by atoms with Crippen LogP contribution in [0.4, 0.5) is 0 Å². The van der Waals surface area contributed by atoms with Crippen molar-refractivity contribution in [2.24, 2.45) is 5.41 Å². The maximum Gasteiger partial charge on any atom is 0.314 e. The van der Waals surface area contributed by atoms with Crippen LogP contribution in [0.5, 0.6) is 0 Å². The third-order valence-electron chi connectivity index (χ3n) is 3.71. The summed E-state index contributed by atoms with van der Waals surface area (Å²) >= 11 is 5.90. The first-order valence-corrected chi connectivity index (χ1v) is 8.25. The minimum absolute atomic E-state index is 0.156. The van der Waals surface area contributed by atoms with E-state index in [1.165, 1.54) is 7.11 Å². The average Bonchev–Trinajstić information content (AvgIpc) is 3.00. The topological polar surface area (TPSA) is 80.7 Å². The van der Waals surface area contributed by atoms with Crippen LogP contribution in [-0.4, -0.2) is 44.7 Å². The van der Waals surface area contributed by atoms with Gasteiger partial charge in [0.05, 0.1) is 11.9 Å². The summed E-state index contributed by atoms with van der Waals surface area (Å²) in [6, 6.07) is 6.62. The first kappa shape index (κ1) is 15.3. The van der Waals surface area contributed by atoms with Gasteiger partial charge in [-0.2, -0.15) is 0 Å². The minimum Gasteiger partial charge on any atom is -0.481 e. The Hall–Kier alpha value is -1.11. The summed E-state index contributed by atoms with van der Waals surface area (Å²) in [6.45, 7) is -0.156. The number of sulfone groups is 1. The van der Waals surface area contributed by atoms with Crippen LogP contribution in [0.25, 0.3) is 0 Å². The molecule has 3 atom stereocenters. The number of methoxy groups -OCH3 is 1. The number of hydrogen-bond acceptors (Lipinski definition) is 4. The highest BCUT2D eigenvalue weighted by atomic mass is 35.5. The van der Waals surface area contributed by atoms with Gasteiger partial charge in [0.25, 0.3) is 0 Å². The number of carbonyl (C=O) groups is 1. The van der Waals surface area contributed by atoms with Crippen LogP contribution in [0, 0.1) is 5.41 Å². The molecule has 1 saturated carbocycles. The van der Waals surface area contributed by atoms with E-state index >= 15 is 0 Å². The van der Waals surface area contributed by atoms with Crippen molar-refractivity contribution < 1.29 is 23.1 Å². The number of halogens is 1.